The van der Waals surface area contributed by atoms with Crippen LogP contribution >= 0.6 is 0 Å². The molecule has 0 saturated carbocycles. The molecule has 1 heterocycles. The normalized spacial score (nSPS) is 23.4. The molecule has 2 N–H and O–H groups in total. The number of likely N-dealkylation sites (N-methyl/N-ethyl adjacent to an activating group) is 1. The smallest absolute Gasteiger partial charge is 0.238 e. The molecule has 0 spiro atoms. The summed E-state index contributed by atoms with van der Waals surface area (Å²) in [6.07, 6.45) is 0.468. The highest BCUT2D eigenvalue weighted by Gasteiger charge is 2.31. The van der Waals surface area contributed by atoms with Gasteiger partial charge in [-0.05, 0) is 13.8 Å². The molecule has 0 aromatic rings. The summed E-state index contributed by atoms with van der Waals surface area (Å²) in [5.41, 5.74) is 0. The van der Waals surface area contributed by atoms with E-state index in [1.54, 1.807) is 0 Å². The standard InChI is InChI=1S/C11H20N4O/c1-3-14-11(16)10-8-13-6-7-15(10)9(2)4-5-12/h9-10,13H,3-4,6-8H2,1-2H3,(H,14,16). The quantitative estimate of drug-likeness (QED) is 0.688. The zero-order chi connectivity index (χ0) is 12.0. The minimum Gasteiger partial charge on any atom is -0.355 e. The Bertz CT molecular complexity index is 274. The molecule has 1 aliphatic rings. The fourth-order valence-electron chi connectivity index (χ4n) is 2.03. The van der Waals surface area contributed by atoms with E-state index in [0.29, 0.717) is 19.5 Å². The van der Waals surface area contributed by atoms with Gasteiger partial charge in [0.05, 0.1) is 12.5 Å². The number of nitrogens with one attached hydrogen (secondary N) is 2. The SMILES string of the molecule is CCNC(=O)C1CNCCN1C(C)CC#N. The molecular weight excluding hydrogens is 204 g/mol. The van der Waals surface area contributed by atoms with Gasteiger partial charge in [-0.15, -0.1) is 0 Å². The van der Waals surface area contributed by atoms with Crippen LogP contribution in [0.25, 0.3) is 0 Å². The van der Waals surface area contributed by atoms with Crippen LogP contribution in [0.4, 0.5) is 0 Å². The number of amides is 1. The molecule has 0 aliphatic carbocycles. The van der Waals surface area contributed by atoms with Crippen molar-refractivity contribution in [2.45, 2.75) is 32.4 Å². The lowest BCUT2D eigenvalue weighted by Crippen LogP contribution is -2.60. The third kappa shape index (κ3) is 3.19. The van der Waals surface area contributed by atoms with Gasteiger partial charge in [-0.1, -0.05) is 0 Å². The summed E-state index contributed by atoms with van der Waals surface area (Å²) in [4.78, 5) is 14.0. The topological polar surface area (TPSA) is 68.2 Å². The summed E-state index contributed by atoms with van der Waals surface area (Å²) in [5, 5.41) is 14.8. The van der Waals surface area contributed by atoms with E-state index in [9.17, 15) is 4.79 Å². The first-order valence-corrected chi connectivity index (χ1v) is 5.81. The second-order valence-electron chi connectivity index (χ2n) is 4.06. The van der Waals surface area contributed by atoms with Crippen LogP contribution in [0.2, 0.25) is 0 Å². The average Bonchev–Trinajstić information content (AvgIpc) is 2.30. The van der Waals surface area contributed by atoms with Crippen LogP contribution in [-0.2, 0) is 4.79 Å². The molecule has 0 radical (unpaired) electrons. The Morgan fingerprint density at radius 3 is 3.12 bits per heavy atom. The van der Waals surface area contributed by atoms with Crippen LogP contribution in [0, 0.1) is 11.3 Å². The number of carbonyl (C=O) groups excluding carboxylic acids is 1. The molecule has 1 saturated heterocycles. The Labute approximate surface area is 96.8 Å². The molecular formula is C11H20N4O. The van der Waals surface area contributed by atoms with Crippen molar-refractivity contribution in [1.29, 1.82) is 5.26 Å². The number of piperazine rings is 1. The van der Waals surface area contributed by atoms with Gasteiger partial charge in [-0.25, -0.2) is 0 Å². The molecule has 5 heteroatoms. The zero-order valence-electron chi connectivity index (χ0n) is 9.99. The van der Waals surface area contributed by atoms with Gasteiger partial charge < -0.3 is 10.6 Å². The van der Waals surface area contributed by atoms with Crippen molar-refractivity contribution in [2.24, 2.45) is 0 Å². The number of carbonyl (C=O) groups is 1. The Morgan fingerprint density at radius 1 is 1.75 bits per heavy atom. The molecule has 5 nitrogen and oxygen atoms in total. The van der Waals surface area contributed by atoms with Gasteiger partial charge in [0.25, 0.3) is 0 Å². The Hall–Kier alpha value is -1.12. The van der Waals surface area contributed by atoms with Gasteiger partial charge >= 0.3 is 0 Å². The van der Waals surface area contributed by atoms with E-state index in [4.69, 9.17) is 5.26 Å². The van der Waals surface area contributed by atoms with E-state index in [2.05, 4.69) is 21.6 Å². The largest absolute Gasteiger partial charge is 0.355 e. The van der Waals surface area contributed by atoms with Crippen molar-refractivity contribution < 1.29 is 4.79 Å². The van der Waals surface area contributed by atoms with Crippen LogP contribution in [0.3, 0.4) is 0 Å². The van der Waals surface area contributed by atoms with Crippen molar-refractivity contribution in [3.8, 4) is 6.07 Å². The molecule has 1 aliphatic heterocycles. The molecule has 2 unspecified atom stereocenters. The van der Waals surface area contributed by atoms with E-state index in [0.717, 1.165) is 13.1 Å². The van der Waals surface area contributed by atoms with Gasteiger partial charge in [0.2, 0.25) is 5.91 Å². The predicted molar refractivity (Wildman–Crippen MR) is 61.7 cm³/mol. The van der Waals surface area contributed by atoms with Gasteiger partial charge in [-0.2, -0.15) is 5.26 Å². The molecule has 1 amide bonds. The molecule has 1 rings (SSSR count). The number of nitriles is 1. The number of hydrogen-bond acceptors (Lipinski definition) is 4. The number of nitrogens with zero attached hydrogens (tertiary/aromatic N) is 2. The van der Waals surface area contributed by atoms with E-state index < -0.39 is 0 Å². The average molecular weight is 224 g/mol. The second kappa shape index (κ2) is 6.46. The second-order valence-corrected chi connectivity index (χ2v) is 4.06. The maximum atomic E-state index is 11.8. The number of rotatable bonds is 4. The van der Waals surface area contributed by atoms with Gasteiger partial charge in [0.1, 0.15) is 6.04 Å². The van der Waals surface area contributed by atoms with Crippen LogP contribution in [0.15, 0.2) is 0 Å². The van der Waals surface area contributed by atoms with Crippen molar-refractivity contribution in [3.63, 3.8) is 0 Å². The van der Waals surface area contributed by atoms with Gasteiger partial charge in [0.15, 0.2) is 0 Å². The highest BCUT2D eigenvalue weighted by atomic mass is 16.2. The lowest BCUT2D eigenvalue weighted by Gasteiger charge is -2.38. The molecule has 16 heavy (non-hydrogen) atoms. The van der Waals surface area contributed by atoms with Crippen LogP contribution < -0.4 is 10.6 Å². The van der Waals surface area contributed by atoms with E-state index in [1.807, 2.05) is 13.8 Å². The van der Waals surface area contributed by atoms with E-state index in [1.165, 1.54) is 0 Å². The first-order valence-electron chi connectivity index (χ1n) is 5.81. The van der Waals surface area contributed by atoms with Crippen molar-refractivity contribution >= 4 is 5.91 Å². The summed E-state index contributed by atoms with van der Waals surface area (Å²) in [7, 11) is 0. The van der Waals surface area contributed by atoms with E-state index >= 15 is 0 Å². The first-order chi connectivity index (χ1) is 7.70. The number of hydrogen-bond donors (Lipinski definition) is 2. The predicted octanol–water partition coefficient (Wildman–Crippen LogP) is -0.302. The fraction of sp³-hybridized carbons (Fsp3) is 0.818. The summed E-state index contributed by atoms with van der Waals surface area (Å²) in [6, 6.07) is 2.16. The summed E-state index contributed by atoms with van der Waals surface area (Å²) >= 11 is 0. The highest BCUT2D eigenvalue weighted by molar-refractivity contribution is 5.82. The summed E-state index contributed by atoms with van der Waals surface area (Å²) < 4.78 is 0. The zero-order valence-corrected chi connectivity index (χ0v) is 9.99. The van der Waals surface area contributed by atoms with Crippen LogP contribution in [-0.4, -0.2) is 49.1 Å². The molecule has 0 bridgehead atoms. The van der Waals surface area contributed by atoms with Gasteiger partial charge in [-0.3, -0.25) is 9.69 Å². The van der Waals surface area contributed by atoms with E-state index in [-0.39, 0.29) is 18.0 Å². The third-order valence-electron chi connectivity index (χ3n) is 2.89. The lowest BCUT2D eigenvalue weighted by molar-refractivity contribution is -0.127. The van der Waals surface area contributed by atoms with Crippen LogP contribution in [0.5, 0.6) is 0 Å². The maximum Gasteiger partial charge on any atom is 0.238 e. The summed E-state index contributed by atoms with van der Waals surface area (Å²) in [5.74, 6) is 0.0551. The van der Waals surface area contributed by atoms with Crippen molar-refractivity contribution in [1.82, 2.24) is 15.5 Å². The minimum atomic E-state index is -0.142. The molecule has 1 fully saturated rings. The van der Waals surface area contributed by atoms with Crippen LogP contribution in [0.1, 0.15) is 20.3 Å². The molecule has 90 valence electrons. The Kier molecular flexibility index (Phi) is 5.23. The van der Waals surface area contributed by atoms with Crippen molar-refractivity contribution in [3.05, 3.63) is 0 Å². The van der Waals surface area contributed by atoms with Gasteiger partial charge in [0, 0.05) is 32.2 Å². The Balaban J connectivity index is 2.63. The minimum absolute atomic E-state index is 0.0551. The highest BCUT2D eigenvalue weighted by Crippen LogP contribution is 2.11. The third-order valence-corrected chi connectivity index (χ3v) is 2.89. The lowest BCUT2D eigenvalue weighted by atomic mass is 10.1. The monoisotopic (exact) mass is 224 g/mol. The van der Waals surface area contributed by atoms with Crippen molar-refractivity contribution in [2.75, 3.05) is 26.2 Å². The molecule has 0 aromatic carbocycles. The molecule has 2 atom stereocenters. The first kappa shape index (κ1) is 12.9. The molecule has 0 aromatic heterocycles. The summed E-state index contributed by atoms with van der Waals surface area (Å²) in [6.45, 7) is 6.94. The maximum absolute atomic E-state index is 11.8. The fourth-order valence-corrected chi connectivity index (χ4v) is 2.03. The Morgan fingerprint density at radius 2 is 2.50 bits per heavy atom.